The highest BCUT2D eigenvalue weighted by atomic mass is 32.2. The van der Waals surface area contributed by atoms with Crippen molar-refractivity contribution < 1.29 is 17.6 Å². The zero-order valence-corrected chi connectivity index (χ0v) is 14.9. The van der Waals surface area contributed by atoms with Crippen LogP contribution in [0.3, 0.4) is 0 Å². The van der Waals surface area contributed by atoms with Gasteiger partial charge in [0.25, 0.3) is 0 Å². The number of hydrogen-bond acceptors (Lipinski definition) is 3. The first-order chi connectivity index (χ1) is 11.8. The van der Waals surface area contributed by atoms with Gasteiger partial charge in [0.05, 0.1) is 18.0 Å². The van der Waals surface area contributed by atoms with Gasteiger partial charge in [-0.3, -0.25) is 4.79 Å². The fraction of sp³-hybridized carbons (Fsp3) is 0.278. The zero-order chi connectivity index (χ0) is 18.4. The van der Waals surface area contributed by atoms with E-state index in [9.17, 15) is 17.6 Å². The molecule has 0 aliphatic heterocycles. The fourth-order valence-corrected chi connectivity index (χ4v) is 3.35. The van der Waals surface area contributed by atoms with Crippen LogP contribution in [0.15, 0.2) is 48.5 Å². The molecule has 7 heteroatoms. The minimum atomic E-state index is -3.53. The van der Waals surface area contributed by atoms with Gasteiger partial charge in [-0.25, -0.2) is 17.5 Å². The van der Waals surface area contributed by atoms with Crippen molar-refractivity contribution in [2.24, 2.45) is 0 Å². The molecule has 5 nitrogen and oxygen atoms in total. The second-order valence-electron chi connectivity index (χ2n) is 5.73. The third kappa shape index (κ3) is 5.65. The van der Waals surface area contributed by atoms with Crippen molar-refractivity contribution in [2.75, 3.05) is 11.6 Å². The fourth-order valence-electron chi connectivity index (χ4n) is 2.62. The second kappa shape index (κ2) is 8.22. The zero-order valence-electron chi connectivity index (χ0n) is 14.1. The van der Waals surface area contributed by atoms with E-state index < -0.39 is 27.8 Å². The first kappa shape index (κ1) is 19.1. The molecule has 0 aliphatic rings. The molecule has 0 bridgehead atoms. The predicted molar refractivity (Wildman–Crippen MR) is 96.2 cm³/mol. The Balaban J connectivity index is 2.24. The molecule has 0 spiro atoms. The number of anilines is 1. The van der Waals surface area contributed by atoms with Crippen molar-refractivity contribution in [3.8, 4) is 0 Å². The monoisotopic (exact) mass is 364 g/mol. The summed E-state index contributed by atoms with van der Waals surface area (Å²) in [4.78, 5) is 12.3. The van der Waals surface area contributed by atoms with Gasteiger partial charge in [-0.1, -0.05) is 43.3 Å². The third-order valence-corrected chi connectivity index (χ3v) is 4.42. The molecule has 134 valence electrons. The lowest BCUT2D eigenvalue weighted by molar-refractivity contribution is -0.116. The first-order valence-corrected chi connectivity index (χ1v) is 9.78. The largest absolute Gasteiger partial charge is 0.324 e. The maximum Gasteiger partial charge on any atom is 0.226 e. The van der Waals surface area contributed by atoms with Gasteiger partial charge in [-0.05, 0) is 29.7 Å². The van der Waals surface area contributed by atoms with Crippen LogP contribution in [0.5, 0.6) is 0 Å². The van der Waals surface area contributed by atoms with Crippen LogP contribution < -0.4 is 10.0 Å². The number of para-hydroxylation sites is 1. The van der Waals surface area contributed by atoms with Crippen molar-refractivity contribution >= 4 is 21.6 Å². The van der Waals surface area contributed by atoms with Crippen LogP contribution >= 0.6 is 0 Å². The molecule has 25 heavy (non-hydrogen) atoms. The average molecular weight is 364 g/mol. The van der Waals surface area contributed by atoms with Crippen LogP contribution in [0.25, 0.3) is 0 Å². The van der Waals surface area contributed by atoms with Gasteiger partial charge in [-0.2, -0.15) is 0 Å². The number of nitrogens with one attached hydrogen (secondary N) is 2. The molecule has 1 unspecified atom stereocenters. The molecule has 0 aliphatic carbocycles. The van der Waals surface area contributed by atoms with Gasteiger partial charge in [0.2, 0.25) is 15.9 Å². The third-order valence-electron chi connectivity index (χ3n) is 3.71. The van der Waals surface area contributed by atoms with Crippen LogP contribution in [0.2, 0.25) is 0 Å². The molecule has 2 aromatic carbocycles. The summed E-state index contributed by atoms with van der Waals surface area (Å²) in [5.74, 6) is -1.02. The Morgan fingerprint density at radius 2 is 1.76 bits per heavy atom. The highest BCUT2D eigenvalue weighted by Gasteiger charge is 2.22. The number of rotatable bonds is 7. The number of benzene rings is 2. The average Bonchev–Trinajstić information content (AvgIpc) is 2.55. The van der Waals surface area contributed by atoms with Gasteiger partial charge in [0.1, 0.15) is 5.82 Å². The second-order valence-corrected chi connectivity index (χ2v) is 7.51. The van der Waals surface area contributed by atoms with Gasteiger partial charge in [0.15, 0.2) is 0 Å². The SMILES string of the molecule is CCc1ccccc1C(CC(=O)Nc1ccccc1F)NS(C)(=O)=O. The number of carbonyl (C=O) groups is 1. The van der Waals surface area contributed by atoms with E-state index in [0.29, 0.717) is 6.42 Å². The minimum Gasteiger partial charge on any atom is -0.324 e. The van der Waals surface area contributed by atoms with Crippen molar-refractivity contribution in [2.45, 2.75) is 25.8 Å². The molecule has 0 aromatic heterocycles. The van der Waals surface area contributed by atoms with E-state index in [1.54, 1.807) is 18.2 Å². The summed E-state index contributed by atoms with van der Waals surface area (Å²) in [5, 5.41) is 2.48. The van der Waals surface area contributed by atoms with Crippen molar-refractivity contribution in [3.63, 3.8) is 0 Å². The summed E-state index contributed by atoms with van der Waals surface area (Å²) in [6, 6.07) is 12.4. The molecular formula is C18H21FN2O3S. The summed E-state index contributed by atoms with van der Waals surface area (Å²) in [6.07, 6.45) is 1.61. The molecule has 0 saturated heterocycles. The van der Waals surface area contributed by atoms with E-state index >= 15 is 0 Å². The van der Waals surface area contributed by atoms with Crippen LogP contribution in [0.1, 0.15) is 30.5 Å². The molecule has 1 atom stereocenters. The molecule has 2 N–H and O–H groups in total. The van der Waals surface area contributed by atoms with Crippen LogP contribution in [-0.2, 0) is 21.2 Å². The first-order valence-electron chi connectivity index (χ1n) is 7.89. The van der Waals surface area contributed by atoms with Crippen LogP contribution in [-0.4, -0.2) is 20.6 Å². The van der Waals surface area contributed by atoms with Crippen LogP contribution in [0.4, 0.5) is 10.1 Å². The van der Waals surface area contributed by atoms with E-state index in [4.69, 9.17) is 0 Å². The molecule has 0 heterocycles. The Morgan fingerprint density at radius 1 is 1.12 bits per heavy atom. The maximum absolute atomic E-state index is 13.7. The van der Waals surface area contributed by atoms with Gasteiger partial charge in [-0.15, -0.1) is 0 Å². The Hall–Kier alpha value is -2.25. The number of sulfonamides is 1. The molecule has 2 rings (SSSR count). The van der Waals surface area contributed by atoms with E-state index in [1.807, 2.05) is 19.1 Å². The Labute approximate surface area is 147 Å². The van der Waals surface area contributed by atoms with Crippen molar-refractivity contribution in [1.29, 1.82) is 0 Å². The Kier molecular flexibility index (Phi) is 6.27. The molecule has 0 fully saturated rings. The summed E-state index contributed by atoms with van der Waals surface area (Å²) < 4.78 is 39.6. The molecule has 0 radical (unpaired) electrons. The van der Waals surface area contributed by atoms with E-state index in [0.717, 1.165) is 17.4 Å². The minimum absolute atomic E-state index is 0.0642. The topological polar surface area (TPSA) is 75.3 Å². The number of aryl methyl sites for hydroxylation is 1. The molecule has 2 aromatic rings. The predicted octanol–water partition coefficient (Wildman–Crippen LogP) is 3.01. The molecule has 1 amide bonds. The lowest BCUT2D eigenvalue weighted by atomic mass is 9.97. The highest BCUT2D eigenvalue weighted by Crippen LogP contribution is 2.23. The number of carbonyl (C=O) groups excluding carboxylic acids is 1. The number of amides is 1. The number of halogens is 1. The standard InChI is InChI=1S/C18H21FN2O3S/c1-3-13-8-4-5-9-14(13)17(21-25(2,23)24)12-18(22)20-16-11-7-6-10-15(16)19/h4-11,17,21H,3,12H2,1-2H3,(H,20,22). The lowest BCUT2D eigenvalue weighted by Crippen LogP contribution is -2.31. The number of hydrogen-bond donors (Lipinski definition) is 2. The molecule has 0 saturated carbocycles. The van der Waals surface area contributed by atoms with E-state index in [2.05, 4.69) is 10.0 Å². The highest BCUT2D eigenvalue weighted by molar-refractivity contribution is 7.88. The summed E-state index contributed by atoms with van der Waals surface area (Å²) in [6.45, 7) is 1.95. The quantitative estimate of drug-likeness (QED) is 0.793. The smallest absolute Gasteiger partial charge is 0.226 e. The Morgan fingerprint density at radius 3 is 2.40 bits per heavy atom. The van der Waals surface area contributed by atoms with Gasteiger partial charge in [0, 0.05) is 6.42 Å². The maximum atomic E-state index is 13.7. The summed E-state index contributed by atoms with van der Waals surface area (Å²) in [7, 11) is -3.53. The van der Waals surface area contributed by atoms with Gasteiger partial charge < -0.3 is 5.32 Å². The summed E-state index contributed by atoms with van der Waals surface area (Å²) >= 11 is 0. The van der Waals surface area contributed by atoms with Crippen molar-refractivity contribution in [3.05, 3.63) is 65.5 Å². The summed E-state index contributed by atoms with van der Waals surface area (Å²) in [5.41, 5.74) is 1.75. The normalized spacial score (nSPS) is 12.6. The van der Waals surface area contributed by atoms with Gasteiger partial charge >= 0.3 is 0 Å². The molecular weight excluding hydrogens is 343 g/mol. The Bertz CT molecular complexity index is 853. The van der Waals surface area contributed by atoms with E-state index in [1.165, 1.54) is 18.2 Å². The van der Waals surface area contributed by atoms with Crippen molar-refractivity contribution in [1.82, 2.24) is 4.72 Å². The van der Waals surface area contributed by atoms with E-state index in [-0.39, 0.29) is 12.1 Å². The van der Waals surface area contributed by atoms with Crippen LogP contribution in [0, 0.1) is 5.82 Å². The lowest BCUT2D eigenvalue weighted by Gasteiger charge is -2.20.